The van der Waals surface area contributed by atoms with Crippen molar-refractivity contribution in [3.05, 3.63) is 28.3 Å². The summed E-state index contributed by atoms with van der Waals surface area (Å²) in [4.78, 5) is 12.0. The van der Waals surface area contributed by atoms with Crippen molar-refractivity contribution in [3.63, 3.8) is 0 Å². The first-order valence-electron chi connectivity index (χ1n) is 6.57. The van der Waals surface area contributed by atoms with Crippen LogP contribution in [0.25, 0.3) is 0 Å². The highest BCUT2D eigenvalue weighted by Crippen LogP contribution is 2.27. The van der Waals surface area contributed by atoms with E-state index in [-0.39, 0.29) is 21.4 Å². The minimum atomic E-state index is -3.95. The molecule has 1 amide bonds. The fourth-order valence-corrected chi connectivity index (χ4v) is 3.13. The third-order valence-electron chi connectivity index (χ3n) is 3.54. The molecule has 1 N–H and O–H groups in total. The van der Waals surface area contributed by atoms with Gasteiger partial charge in [-0.05, 0) is 36.5 Å². The maximum atomic E-state index is 12.1. The van der Waals surface area contributed by atoms with Crippen LogP contribution in [0.15, 0.2) is 17.0 Å². The van der Waals surface area contributed by atoms with Gasteiger partial charge in [-0.25, -0.2) is 8.42 Å². The van der Waals surface area contributed by atoms with E-state index in [1.165, 1.54) is 12.1 Å². The molecule has 0 aromatic heterocycles. The SMILES string of the molecule is Cc1c(Cl)cc(C(=O)NCC(C)C(C)C)cc1S(=O)(=O)Cl. The summed E-state index contributed by atoms with van der Waals surface area (Å²) in [7, 11) is 1.41. The zero-order chi connectivity index (χ0) is 16.4. The molecule has 0 bridgehead atoms. The number of hydrogen-bond acceptors (Lipinski definition) is 3. The third kappa shape index (κ3) is 4.87. The van der Waals surface area contributed by atoms with Gasteiger partial charge in [-0.15, -0.1) is 0 Å². The van der Waals surface area contributed by atoms with E-state index in [1.807, 2.05) is 6.92 Å². The van der Waals surface area contributed by atoms with Crippen molar-refractivity contribution in [2.45, 2.75) is 32.6 Å². The van der Waals surface area contributed by atoms with E-state index in [2.05, 4.69) is 19.2 Å². The fraction of sp³-hybridized carbons (Fsp3) is 0.500. The normalized spacial score (nSPS) is 13.3. The summed E-state index contributed by atoms with van der Waals surface area (Å²) in [5.41, 5.74) is 0.513. The highest BCUT2D eigenvalue weighted by molar-refractivity contribution is 8.13. The Hall–Kier alpha value is -0.780. The Morgan fingerprint density at radius 2 is 1.86 bits per heavy atom. The molecular weight excluding hydrogens is 333 g/mol. The molecule has 0 spiro atoms. The number of benzene rings is 1. The van der Waals surface area contributed by atoms with Gasteiger partial charge >= 0.3 is 0 Å². The summed E-state index contributed by atoms with van der Waals surface area (Å²) in [6.45, 7) is 8.21. The van der Waals surface area contributed by atoms with Crippen LogP contribution in [0.1, 0.15) is 36.7 Å². The van der Waals surface area contributed by atoms with E-state index in [1.54, 1.807) is 6.92 Å². The molecule has 0 aliphatic heterocycles. The first-order chi connectivity index (χ1) is 9.54. The number of nitrogens with one attached hydrogen (secondary N) is 1. The predicted molar refractivity (Wildman–Crippen MR) is 85.6 cm³/mol. The molecular formula is C14H19Cl2NO3S. The molecule has 1 aromatic rings. The molecule has 1 rings (SSSR count). The van der Waals surface area contributed by atoms with Crippen molar-refractivity contribution in [2.75, 3.05) is 6.54 Å². The van der Waals surface area contributed by atoms with E-state index in [0.717, 1.165) is 0 Å². The lowest BCUT2D eigenvalue weighted by Crippen LogP contribution is -2.30. The summed E-state index contributed by atoms with van der Waals surface area (Å²) in [6, 6.07) is 2.69. The van der Waals surface area contributed by atoms with Gasteiger partial charge in [-0.1, -0.05) is 32.4 Å². The number of rotatable bonds is 5. The lowest BCUT2D eigenvalue weighted by atomic mass is 9.98. The summed E-state index contributed by atoms with van der Waals surface area (Å²) < 4.78 is 23.0. The Labute approximate surface area is 135 Å². The number of amides is 1. The molecule has 1 atom stereocenters. The Balaban J connectivity index is 3.04. The largest absolute Gasteiger partial charge is 0.352 e. The van der Waals surface area contributed by atoms with Crippen molar-refractivity contribution in [1.82, 2.24) is 5.32 Å². The summed E-state index contributed by atoms with van der Waals surface area (Å²) in [6.07, 6.45) is 0. The fourth-order valence-electron chi connectivity index (χ4n) is 1.63. The second kappa shape index (κ2) is 6.99. The van der Waals surface area contributed by atoms with Crippen molar-refractivity contribution in [1.29, 1.82) is 0 Å². The Kier molecular flexibility index (Phi) is 6.08. The average Bonchev–Trinajstić information content (AvgIpc) is 2.36. The molecule has 4 nitrogen and oxygen atoms in total. The molecule has 21 heavy (non-hydrogen) atoms. The minimum absolute atomic E-state index is 0.140. The van der Waals surface area contributed by atoms with Crippen LogP contribution in [-0.4, -0.2) is 20.9 Å². The predicted octanol–water partition coefficient (Wildman–Crippen LogP) is 3.60. The van der Waals surface area contributed by atoms with Gasteiger partial charge in [0.25, 0.3) is 15.0 Å². The molecule has 0 saturated heterocycles. The zero-order valence-corrected chi connectivity index (χ0v) is 14.7. The molecule has 7 heteroatoms. The van der Waals surface area contributed by atoms with Crippen LogP contribution in [-0.2, 0) is 9.05 Å². The van der Waals surface area contributed by atoms with Crippen molar-refractivity contribution in [3.8, 4) is 0 Å². The van der Waals surface area contributed by atoms with Gasteiger partial charge in [0, 0.05) is 27.8 Å². The second-order valence-electron chi connectivity index (χ2n) is 5.45. The summed E-state index contributed by atoms with van der Waals surface area (Å²) >= 11 is 5.98. The molecule has 118 valence electrons. The summed E-state index contributed by atoms with van der Waals surface area (Å²) in [5, 5.41) is 2.96. The van der Waals surface area contributed by atoms with Crippen molar-refractivity contribution in [2.24, 2.45) is 11.8 Å². The molecule has 1 aromatic carbocycles. The standard InChI is InChI=1S/C14H19Cl2NO3S/c1-8(2)9(3)7-17-14(18)11-5-12(15)10(4)13(6-11)21(16,19)20/h5-6,8-9H,7H2,1-4H3,(H,17,18). The number of hydrogen-bond donors (Lipinski definition) is 1. The molecule has 0 saturated carbocycles. The van der Waals surface area contributed by atoms with Crippen LogP contribution in [0.5, 0.6) is 0 Å². The van der Waals surface area contributed by atoms with Gasteiger partial charge in [-0.2, -0.15) is 0 Å². The highest BCUT2D eigenvalue weighted by atomic mass is 35.7. The van der Waals surface area contributed by atoms with Crippen LogP contribution in [0.3, 0.4) is 0 Å². The monoisotopic (exact) mass is 351 g/mol. The second-order valence-corrected chi connectivity index (χ2v) is 8.39. The average molecular weight is 352 g/mol. The smallest absolute Gasteiger partial charge is 0.261 e. The van der Waals surface area contributed by atoms with Gasteiger partial charge in [0.1, 0.15) is 0 Å². The van der Waals surface area contributed by atoms with E-state index in [0.29, 0.717) is 23.9 Å². The maximum Gasteiger partial charge on any atom is 0.261 e. The number of carbonyl (C=O) groups is 1. The molecule has 0 heterocycles. The lowest BCUT2D eigenvalue weighted by molar-refractivity contribution is 0.0944. The highest BCUT2D eigenvalue weighted by Gasteiger charge is 2.19. The number of halogens is 2. The number of carbonyl (C=O) groups excluding carboxylic acids is 1. The molecule has 0 fully saturated rings. The van der Waals surface area contributed by atoms with Gasteiger partial charge in [0.15, 0.2) is 0 Å². The Morgan fingerprint density at radius 3 is 2.33 bits per heavy atom. The van der Waals surface area contributed by atoms with Crippen LogP contribution in [0.4, 0.5) is 0 Å². The van der Waals surface area contributed by atoms with Crippen LogP contribution in [0, 0.1) is 18.8 Å². The lowest BCUT2D eigenvalue weighted by Gasteiger charge is -2.16. The van der Waals surface area contributed by atoms with Gasteiger partial charge in [0.2, 0.25) is 0 Å². The first-order valence-corrected chi connectivity index (χ1v) is 9.25. The Bertz CT molecular complexity index is 642. The third-order valence-corrected chi connectivity index (χ3v) is 5.38. The van der Waals surface area contributed by atoms with Crippen molar-refractivity contribution >= 4 is 37.2 Å². The van der Waals surface area contributed by atoms with E-state index < -0.39 is 9.05 Å². The van der Waals surface area contributed by atoms with E-state index in [4.69, 9.17) is 22.3 Å². The molecule has 0 aliphatic carbocycles. The summed E-state index contributed by atoms with van der Waals surface area (Å²) in [5.74, 6) is 0.378. The van der Waals surface area contributed by atoms with Gasteiger partial charge < -0.3 is 5.32 Å². The minimum Gasteiger partial charge on any atom is -0.352 e. The molecule has 0 aliphatic rings. The molecule has 1 unspecified atom stereocenters. The van der Waals surface area contributed by atoms with Gasteiger partial charge in [-0.3, -0.25) is 4.79 Å². The van der Waals surface area contributed by atoms with Crippen LogP contribution >= 0.6 is 22.3 Å². The van der Waals surface area contributed by atoms with E-state index in [9.17, 15) is 13.2 Å². The van der Waals surface area contributed by atoms with Crippen LogP contribution < -0.4 is 5.32 Å². The quantitative estimate of drug-likeness (QED) is 0.824. The van der Waals surface area contributed by atoms with E-state index >= 15 is 0 Å². The first kappa shape index (κ1) is 18.3. The maximum absolute atomic E-state index is 12.1. The van der Waals surface area contributed by atoms with Crippen molar-refractivity contribution < 1.29 is 13.2 Å². The van der Waals surface area contributed by atoms with Crippen LogP contribution in [0.2, 0.25) is 5.02 Å². The zero-order valence-electron chi connectivity index (χ0n) is 12.4. The Morgan fingerprint density at radius 1 is 1.29 bits per heavy atom. The topological polar surface area (TPSA) is 63.2 Å². The molecule has 0 radical (unpaired) electrons. The van der Waals surface area contributed by atoms with Gasteiger partial charge in [0.05, 0.1) is 4.90 Å².